The first-order valence-electron chi connectivity index (χ1n) is 8.34. The summed E-state index contributed by atoms with van der Waals surface area (Å²) < 4.78 is 6.28. The molecule has 0 aliphatic heterocycles. The minimum absolute atomic E-state index is 0.884. The van der Waals surface area contributed by atoms with E-state index in [2.05, 4.69) is 65.4 Å². The molecule has 0 unspecified atom stereocenters. The Morgan fingerprint density at radius 3 is 2.60 bits per heavy atom. The number of fused-ring (bicyclic) bond motifs is 5. The average Bonchev–Trinajstić information content (AvgIpc) is 3.00. The van der Waals surface area contributed by atoms with E-state index in [1.807, 2.05) is 13.0 Å². The maximum Gasteiger partial charge on any atom is 0.144 e. The number of nitrogens with zero attached hydrogens (tertiary/aromatic N) is 2. The van der Waals surface area contributed by atoms with Crippen LogP contribution in [0.1, 0.15) is 11.3 Å². The van der Waals surface area contributed by atoms with Crippen molar-refractivity contribution in [3.8, 4) is 11.3 Å². The summed E-state index contributed by atoms with van der Waals surface area (Å²) in [7, 11) is 0. The van der Waals surface area contributed by atoms with Crippen LogP contribution in [-0.4, -0.2) is 9.97 Å². The normalized spacial score (nSPS) is 11.6. The highest BCUT2D eigenvalue weighted by atomic mass is 16.3. The molecule has 0 aliphatic rings. The van der Waals surface area contributed by atoms with Crippen molar-refractivity contribution < 1.29 is 4.42 Å². The summed E-state index contributed by atoms with van der Waals surface area (Å²) in [4.78, 5) is 8.67. The van der Waals surface area contributed by atoms with E-state index in [0.29, 0.717) is 0 Å². The number of furan rings is 1. The molecule has 0 fully saturated rings. The topological polar surface area (TPSA) is 38.9 Å². The van der Waals surface area contributed by atoms with Crippen molar-refractivity contribution in [2.24, 2.45) is 0 Å². The summed E-state index contributed by atoms with van der Waals surface area (Å²) in [5, 5.41) is 4.75. The van der Waals surface area contributed by atoms with Crippen LogP contribution in [0.25, 0.3) is 44.0 Å². The monoisotopic (exact) mass is 324 g/mol. The lowest BCUT2D eigenvalue weighted by Crippen LogP contribution is -1.89. The molecule has 3 nitrogen and oxygen atoms in total. The molecule has 3 heteroatoms. The Kier molecular flexibility index (Phi) is 2.92. The molecule has 0 atom stereocenters. The Bertz CT molecular complexity index is 1270. The maximum atomic E-state index is 6.28. The Hall–Kier alpha value is -3.20. The first kappa shape index (κ1) is 14.2. The molecule has 120 valence electrons. The van der Waals surface area contributed by atoms with Crippen molar-refractivity contribution in [3.05, 3.63) is 72.2 Å². The molecule has 5 aromatic rings. The van der Waals surface area contributed by atoms with Crippen LogP contribution in [0, 0.1) is 13.8 Å². The smallest absolute Gasteiger partial charge is 0.144 e. The van der Waals surface area contributed by atoms with Gasteiger partial charge in [0.05, 0.1) is 5.69 Å². The molecule has 25 heavy (non-hydrogen) atoms. The number of rotatable bonds is 1. The van der Waals surface area contributed by atoms with Crippen molar-refractivity contribution in [1.29, 1.82) is 0 Å². The van der Waals surface area contributed by atoms with Gasteiger partial charge in [0.25, 0.3) is 0 Å². The van der Waals surface area contributed by atoms with Gasteiger partial charge in [-0.3, -0.25) is 0 Å². The summed E-state index contributed by atoms with van der Waals surface area (Å²) in [5.41, 5.74) is 5.84. The number of aryl methyl sites for hydroxylation is 2. The van der Waals surface area contributed by atoms with Gasteiger partial charge in [-0.2, -0.15) is 0 Å². The lowest BCUT2D eigenvalue weighted by molar-refractivity contribution is 0.670. The first-order valence-corrected chi connectivity index (χ1v) is 8.34. The molecular formula is C22H16N2O. The zero-order chi connectivity index (χ0) is 17.0. The van der Waals surface area contributed by atoms with E-state index in [9.17, 15) is 0 Å². The van der Waals surface area contributed by atoms with Gasteiger partial charge in [0.15, 0.2) is 0 Å². The molecule has 2 aromatic heterocycles. The fraction of sp³-hybridized carbons (Fsp3) is 0.0909. The number of hydrogen-bond acceptors (Lipinski definition) is 3. The minimum Gasteiger partial charge on any atom is -0.455 e. The second-order valence-electron chi connectivity index (χ2n) is 6.50. The average molecular weight is 324 g/mol. The zero-order valence-corrected chi connectivity index (χ0v) is 14.1. The van der Waals surface area contributed by atoms with Gasteiger partial charge in [0, 0.05) is 22.0 Å². The zero-order valence-electron chi connectivity index (χ0n) is 14.1. The highest BCUT2D eigenvalue weighted by Gasteiger charge is 2.16. The maximum absolute atomic E-state index is 6.28. The van der Waals surface area contributed by atoms with Gasteiger partial charge >= 0.3 is 0 Å². The Labute approximate surface area is 144 Å². The van der Waals surface area contributed by atoms with E-state index in [0.717, 1.165) is 33.5 Å². The third-order valence-corrected chi connectivity index (χ3v) is 4.69. The van der Waals surface area contributed by atoms with Crippen LogP contribution in [-0.2, 0) is 0 Å². The predicted molar refractivity (Wildman–Crippen MR) is 102 cm³/mol. The Morgan fingerprint density at radius 2 is 1.72 bits per heavy atom. The van der Waals surface area contributed by atoms with Gasteiger partial charge in [0.1, 0.15) is 17.5 Å². The molecule has 5 rings (SSSR count). The fourth-order valence-corrected chi connectivity index (χ4v) is 3.59. The van der Waals surface area contributed by atoms with Gasteiger partial charge in [0.2, 0.25) is 0 Å². The van der Waals surface area contributed by atoms with E-state index in [1.54, 1.807) is 6.33 Å². The standard InChI is InChI=1S/C22H16N2O/c1-13-9-17(19-11-14(2)23-12-24-19)22-18(10-13)21-16-6-4-3-5-15(16)7-8-20(21)25-22/h3-12H,1-2H3. The van der Waals surface area contributed by atoms with Gasteiger partial charge in [-0.05, 0) is 54.4 Å². The quantitative estimate of drug-likeness (QED) is 0.390. The molecular weight excluding hydrogens is 308 g/mol. The molecule has 0 bridgehead atoms. The number of hydrogen-bond donors (Lipinski definition) is 0. The summed E-state index contributed by atoms with van der Waals surface area (Å²) in [5.74, 6) is 0. The molecule has 0 radical (unpaired) electrons. The number of benzene rings is 3. The summed E-state index contributed by atoms with van der Waals surface area (Å²) in [6, 6.07) is 18.9. The molecule has 3 aromatic carbocycles. The summed E-state index contributed by atoms with van der Waals surface area (Å²) in [6.07, 6.45) is 1.61. The predicted octanol–water partition coefficient (Wildman–Crippen LogP) is 5.81. The molecule has 0 N–H and O–H groups in total. The van der Waals surface area contributed by atoms with E-state index >= 15 is 0 Å². The SMILES string of the molecule is Cc1cc(-c2cc(C)ncn2)c2oc3ccc4ccccc4c3c2c1. The molecule has 0 spiro atoms. The van der Waals surface area contributed by atoms with Crippen LogP contribution < -0.4 is 0 Å². The van der Waals surface area contributed by atoms with E-state index in [1.165, 1.54) is 21.7 Å². The molecule has 0 amide bonds. The van der Waals surface area contributed by atoms with Gasteiger partial charge < -0.3 is 4.42 Å². The van der Waals surface area contributed by atoms with Gasteiger partial charge in [-0.1, -0.05) is 30.3 Å². The van der Waals surface area contributed by atoms with Crippen molar-refractivity contribution in [2.45, 2.75) is 13.8 Å². The Morgan fingerprint density at radius 1 is 0.840 bits per heavy atom. The third kappa shape index (κ3) is 2.13. The van der Waals surface area contributed by atoms with Crippen molar-refractivity contribution in [1.82, 2.24) is 9.97 Å². The summed E-state index contributed by atoms with van der Waals surface area (Å²) in [6.45, 7) is 4.09. The van der Waals surface area contributed by atoms with Crippen LogP contribution in [0.15, 0.2) is 65.3 Å². The molecule has 0 saturated carbocycles. The lowest BCUT2D eigenvalue weighted by Gasteiger charge is -2.04. The van der Waals surface area contributed by atoms with Crippen molar-refractivity contribution in [2.75, 3.05) is 0 Å². The van der Waals surface area contributed by atoms with Crippen molar-refractivity contribution in [3.63, 3.8) is 0 Å². The van der Waals surface area contributed by atoms with E-state index < -0.39 is 0 Å². The second-order valence-corrected chi connectivity index (χ2v) is 6.50. The van der Waals surface area contributed by atoms with Crippen LogP contribution in [0.4, 0.5) is 0 Å². The van der Waals surface area contributed by atoms with Gasteiger partial charge in [-0.25, -0.2) is 9.97 Å². The van der Waals surface area contributed by atoms with E-state index in [-0.39, 0.29) is 0 Å². The van der Waals surface area contributed by atoms with Gasteiger partial charge in [-0.15, -0.1) is 0 Å². The lowest BCUT2D eigenvalue weighted by atomic mass is 10.00. The number of aromatic nitrogens is 2. The van der Waals surface area contributed by atoms with Crippen LogP contribution in [0.5, 0.6) is 0 Å². The Balaban J connectivity index is 1.97. The largest absolute Gasteiger partial charge is 0.455 e. The van der Waals surface area contributed by atoms with Crippen LogP contribution in [0.2, 0.25) is 0 Å². The summed E-state index contributed by atoms with van der Waals surface area (Å²) >= 11 is 0. The molecule has 0 saturated heterocycles. The second kappa shape index (κ2) is 5.15. The molecule has 0 aliphatic carbocycles. The van der Waals surface area contributed by atoms with Crippen LogP contribution >= 0.6 is 0 Å². The molecule has 2 heterocycles. The third-order valence-electron chi connectivity index (χ3n) is 4.69. The fourth-order valence-electron chi connectivity index (χ4n) is 3.59. The van der Waals surface area contributed by atoms with E-state index in [4.69, 9.17) is 4.42 Å². The first-order chi connectivity index (χ1) is 12.2. The highest BCUT2D eigenvalue weighted by molar-refractivity contribution is 6.20. The van der Waals surface area contributed by atoms with Crippen LogP contribution in [0.3, 0.4) is 0 Å². The minimum atomic E-state index is 0.884. The highest BCUT2D eigenvalue weighted by Crippen LogP contribution is 2.39. The van der Waals surface area contributed by atoms with Crippen molar-refractivity contribution >= 4 is 32.7 Å².